The Kier molecular flexibility index (Phi) is 6.89. The van der Waals surface area contributed by atoms with Crippen molar-refractivity contribution in [1.29, 1.82) is 0 Å². The summed E-state index contributed by atoms with van der Waals surface area (Å²) >= 11 is 0. The Hall–Kier alpha value is -2.04. The van der Waals surface area contributed by atoms with E-state index in [9.17, 15) is 9.59 Å². The number of carbonyl (C=O) groups is 2. The Balaban J connectivity index is 2.71. The number of rotatable bonds is 7. The lowest BCUT2D eigenvalue weighted by atomic mass is 10.1. The van der Waals surface area contributed by atoms with Crippen LogP contribution in [0.15, 0.2) is 18.2 Å². The summed E-state index contributed by atoms with van der Waals surface area (Å²) in [5, 5.41) is 2.82. The molecule has 0 aliphatic carbocycles. The molecule has 5 nitrogen and oxygen atoms in total. The topological polar surface area (TPSA) is 58.6 Å². The molecule has 1 aromatic rings. The van der Waals surface area contributed by atoms with E-state index in [1.165, 1.54) is 6.92 Å². The number of anilines is 1. The molecule has 0 bridgehead atoms. The molecule has 1 N–H and O–H groups in total. The fraction of sp³-hybridized carbons (Fsp3) is 0.529. The highest BCUT2D eigenvalue weighted by molar-refractivity contribution is 5.95. The summed E-state index contributed by atoms with van der Waals surface area (Å²) in [6, 6.07) is 5.58. The lowest BCUT2D eigenvalue weighted by Crippen LogP contribution is -2.37. The number of carbonyl (C=O) groups excluding carboxylic acids is 2. The Morgan fingerprint density at radius 2 is 2.00 bits per heavy atom. The molecule has 0 atom stereocenters. The summed E-state index contributed by atoms with van der Waals surface area (Å²) in [4.78, 5) is 25.4. The van der Waals surface area contributed by atoms with Gasteiger partial charge in [0.2, 0.25) is 11.8 Å². The molecule has 0 aliphatic heterocycles. The first-order valence-corrected chi connectivity index (χ1v) is 7.53. The molecule has 122 valence electrons. The minimum Gasteiger partial charge on any atom is -0.495 e. The molecule has 1 aromatic carbocycles. The highest BCUT2D eigenvalue weighted by Crippen LogP contribution is 2.25. The van der Waals surface area contributed by atoms with Gasteiger partial charge in [-0.1, -0.05) is 19.9 Å². The molecule has 22 heavy (non-hydrogen) atoms. The third kappa shape index (κ3) is 5.76. The van der Waals surface area contributed by atoms with Crippen LogP contribution in [0.2, 0.25) is 0 Å². The lowest BCUT2D eigenvalue weighted by molar-refractivity contribution is -0.132. The van der Waals surface area contributed by atoms with E-state index < -0.39 is 0 Å². The molecule has 0 aliphatic rings. The Morgan fingerprint density at radius 3 is 2.55 bits per heavy atom. The molecular weight excluding hydrogens is 280 g/mol. The van der Waals surface area contributed by atoms with Crippen LogP contribution in [0.4, 0.5) is 5.69 Å². The molecule has 0 fully saturated rings. The number of aryl methyl sites for hydroxylation is 1. The van der Waals surface area contributed by atoms with Crippen molar-refractivity contribution in [2.75, 3.05) is 25.5 Å². The second-order valence-electron chi connectivity index (χ2n) is 5.88. The molecule has 0 unspecified atom stereocenters. The number of hydrogen-bond donors (Lipinski definition) is 1. The van der Waals surface area contributed by atoms with E-state index in [0.717, 1.165) is 12.0 Å². The fourth-order valence-electron chi connectivity index (χ4n) is 2.04. The van der Waals surface area contributed by atoms with Gasteiger partial charge in [-0.25, -0.2) is 0 Å². The van der Waals surface area contributed by atoms with E-state index in [0.29, 0.717) is 23.9 Å². The minimum absolute atomic E-state index is 0.0547. The summed E-state index contributed by atoms with van der Waals surface area (Å²) in [7, 11) is 1.56. The number of hydrogen-bond acceptors (Lipinski definition) is 3. The van der Waals surface area contributed by atoms with Gasteiger partial charge in [-0.05, 0) is 37.0 Å². The largest absolute Gasteiger partial charge is 0.495 e. The van der Waals surface area contributed by atoms with Crippen LogP contribution in [0.5, 0.6) is 5.75 Å². The van der Waals surface area contributed by atoms with Crippen LogP contribution in [-0.2, 0) is 9.59 Å². The van der Waals surface area contributed by atoms with Crippen LogP contribution >= 0.6 is 0 Å². The van der Waals surface area contributed by atoms with E-state index >= 15 is 0 Å². The maximum atomic E-state index is 12.2. The maximum absolute atomic E-state index is 12.2. The van der Waals surface area contributed by atoms with Crippen LogP contribution in [0.1, 0.15) is 32.8 Å². The quantitative estimate of drug-likeness (QED) is 0.842. The van der Waals surface area contributed by atoms with E-state index in [1.807, 2.05) is 25.1 Å². The average Bonchev–Trinajstić information content (AvgIpc) is 2.43. The predicted molar refractivity (Wildman–Crippen MR) is 88.1 cm³/mol. The lowest BCUT2D eigenvalue weighted by Gasteiger charge is -2.21. The summed E-state index contributed by atoms with van der Waals surface area (Å²) < 4.78 is 5.24. The van der Waals surface area contributed by atoms with E-state index in [2.05, 4.69) is 19.2 Å². The zero-order chi connectivity index (χ0) is 16.7. The summed E-state index contributed by atoms with van der Waals surface area (Å²) in [6.45, 7) is 8.26. The molecule has 0 saturated carbocycles. The second-order valence-corrected chi connectivity index (χ2v) is 5.88. The van der Waals surface area contributed by atoms with Gasteiger partial charge in [-0.15, -0.1) is 0 Å². The summed E-state index contributed by atoms with van der Waals surface area (Å²) in [6.07, 6.45) is 0.876. The number of amides is 2. The van der Waals surface area contributed by atoms with Crippen LogP contribution < -0.4 is 10.1 Å². The molecule has 0 radical (unpaired) electrons. The molecule has 0 heterocycles. The van der Waals surface area contributed by atoms with Gasteiger partial charge in [-0.2, -0.15) is 0 Å². The van der Waals surface area contributed by atoms with Gasteiger partial charge >= 0.3 is 0 Å². The van der Waals surface area contributed by atoms with Crippen molar-refractivity contribution in [1.82, 2.24) is 4.90 Å². The van der Waals surface area contributed by atoms with Crippen LogP contribution in [-0.4, -0.2) is 36.9 Å². The summed E-state index contributed by atoms with van der Waals surface area (Å²) in [5.41, 5.74) is 1.65. The highest BCUT2D eigenvalue weighted by Gasteiger charge is 2.15. The van der Waals surface area contributed by atoms with Crippen molar-refractivity contribution in [3.8, 4) is 5.75 Å². The Morgan fingerprint density at radius 1 is 1.32 bits per heavy atom. The van der Waals surface area contributed by atoms with E-state index in [4.69, 9.17) is 4.74 Å². The van der Waals surface area contributed by atoms with Crippen molar-refractivity contribution < 1.29 is 14.3 Å². The van der Waals surface area contributed by atoms with Crippen LogP contribution in [0.25, 0.3) is 0 Å². The van der Waals surface area contributed by atoms with Gasteiger partial charge in [0, 0.05) is 13.5 Å². The van der Waals surface area contributed by atoms with Crippen molar-refractivity contribution in [3.63, 3.8) is 0 Å². The first-order chi connectivity index (χ1) is 10.3. The molecule has 0 spiro atoms. The molecule has 0 saturated heterocycles. The van der Waals surface area contributed by atoms with E-state index in [1.54, 1.807) is 12.0 Å². The van der Waals surface area contributed by atoms with Crippen LogP contribution in [0.3, 0.4) is 0 Å². The van der Waals surface area contributed by atoms with Gasteiger partial charge in [0.15, 0.2) is 0 Å². The SMILES string of the molecule is COc1ccc(C)cc1NC(=O)CN(CCC(C)C)C(C)=O. The molecule has 0 aromatic heterocycles. The minimum atomic E-state index is -0.220. The monoisotopic (exact) mass is 306 g/mol. The Bertz CT molecular complexity index is 527. The fourth-order valence-corrected chi connectivity index (χ4v) is 2.04. The Labute approximate surface area is 132 Å². The van der Waals surface area contributed by atoms with Crippen molar-refractivity contribution >= 4 is 17.5 Å². The van der Waals surface area contributed by atoms with Gasteiger partial charge in [0.1, 0.15) is 5.75 Å². The highest BCUT2D eigenvalue weighted by atomic mass is 16.5. The molecular formula is C17H26N2O3. The van der Waals surface area contributed by atoms with Gasteiger partial charge in [0.05, 0.1) is 19.3 Å². The van der Waals surface area contributed by atoms with Crippen molar-refractivity contribution in [2.45, 2.75) is 34.1 Å². The number of benzene rings is 1. The first-order valence-electron chi connectivity index (χ1n) is 7.53. The maximum Gasteiger partial charge on any atom is 0.244 e. The first kappa shape index (κ1) is 18.0. The van der Waals surface area contributed by atoms with Gasteiger partial charge in [-0.3, -0.25) is 9.59 Å². The third-order valence-electron chi connectivity index (χ3n) is 3.39. The predicted octanol–water partition coefficient (Wildman–Crippen LogP) is 2.84. The van der Waals surface area contributed by atoms with E-state index in [-0.39, 0.29) is 18.4 Å². The molecule has 5 heteroatoms. The summed E-state index contributed by atoms with van der Waals surface area (Å²) in [5.74, 6) is 0.784. The van der Waals surface area contributed by atoms with Gasteiger partial charge < -0.3 is 15.0 Å². The number of nitrogens with zero attached hydrogens (tertiary/aromatic N) is 1. The van der Waals surface area contributed by atoms with Crippen LogP contribution in [0, 0.1) is 12.8 Å². The average molecular weight is 306 g/mol. The number of nitrogens with one attached hydrogen (secondary N) is 1. The standard InChI is InChI=1S/C17H26N2O3/c1-12(2)8-9-19(14(4)20)11-17(21)18-15-10-13(3)6-7-16(15)22-5/h6-7,10,12H,8-9,11H2,1-5H3,(H,18,21). The smallest absolute Gasteiger partial charge is 0.244 e. The zero-order valence-electron chi connectivity index (χ0n) is 14.1. The van der Waals surface area contributed by atoms with Gasteiger partial charge in [0.25, 0.3) is 0 Å². The second kappa shape index (κ2) is 8.41. The zero-order valence-corrected chi connectivity index (χ0v) is 14.1. The normalized spacial score (nSPS) is 10.5. The third-order valence-corrected chi connectivity index (χ3v) is 3.39. The molecule has 2 amide bonds. The number of methoxy groups -OCH3 is 1. The van der Waals surface area contributed by atoms with Crippen molar-refractivity contribution in [2.24, 2.45) is 5.92 Å². The molecule has 1 rings (SSSR count). The van der Waals surface area contributed by atoms with Crippen molar-refractivity contribution in [3.05, 3.63) is 23.8 Å². The number of ether oxygens (including phenoxy) is 1.